The van der Waals surface area contributed by atoms with Crippen molar-refractivity contribution < 1.29 is 27.3 Å². The Morgan fingerprint density at radius 2 is 1.45 bits per heavy atom. The quantitative estimate of drug-likeness (QED) is 0.112. The van der Waals surface area contributed by atoms with Gasteiger partial charge in [-0.05, 0) is 107 Å². The maximum Gasteiger partial charge on any atom is 0.168 e. The van der Waals surface area contributed by atoms with E-state index in [9.17, 15) is 0 Å². The van der Waals surface area contributed by atoms with E-state index in [4.69, 9.17) is 17.1 Å². The van der Waals surface area contributed by atoms with E-state index in [0.29, 0.717) is 0 Å². The van der Waals surface area contributed by atoms with Gasteiger partial charge >= 0.3 is 0 Å². The second-order valence-electron chi connectivity index (χ2n) is 19.5. The molecular weight excluding hydrogens is 977 g/mol. The smallest absolute Gasteiger partial charge is 0.168 e. The summed E-state index contributed by atoms with van der Waals surface area (Å²) in [5.74, 6) is 1.35. The van der Waals surface area contributed by atoms with E-state index in [1.54, 1.807) is 0 Å². The third-order valence-corrected chi connectivity index (χ3v) is 13.4. The molecule has 329 valence electrons. The third-order valence-electron chi connectivity index (χ3n) is 11.4. The predicted octanol–water partition coefficient (Wildman–Crippen LogP) is 15.0. The maximum absolute atomic E-state index is 8.75. The van der Waals surface area contributed by atoms with Crippen LogP contribution in [0.4, 0.5) is 0 Å². The van der Waals surface area contributed by atoms with E-state index in [0.717, 1.165) is 72.2 Å². The van der Waals surface area contributed by atoms with Crippen molar-refractivity contribution in [3.05, 3.63) is 162 Å². The number of fused-ring (bicyclic) bond motifs is 4. The topological polar surface area (TPSA) is 56.7 Å². The maximum atomic E-state index is 8.75. The number of hydrogen-bond donors (Lipinski definition) is 0. The SMILES string of the molecule is Cc1ccc2c(c1)oc1c(-c3nc4nc(C)ccc4n3-c3c(C(C)C)cc(-c4ccccc4)cc3C(C)C)[c-]ccc12.[2H]C([2H])(c1cc(-c2[c-]cccc2)ncc1[Si](C)(C)C)C(C)(C)C.[Ir]. The summed E-state index contributed by atoms with van der Waals surface area (Å²) in [7, 11) is -1.70. The number of pyridine rings is 2. The number of hydrogen-bond acceptors (Lipinski definition) is 4. The Bertz CT molecular complexity index is 3150. The van der Waals surface area contributed by atoms with Crippen LogP contribution in [0.3, 0.4) is 0 Å². The number of benzene rings is 5. The predicted molar refractivity (Wildman–Crippen MR) is 268 cm³/mol. The summed E-state index contributed by atoms with van der Waals surface area (Å²) >= 11 is 0. The van der Waals surface area contributed by atoms with Crippen molar-refractivity contribution in [2.45, 2.75) is 100 Å². The van der Waals surface area contributed by atoms with Gasteiger partial charge in [-0.2, -0.15) is 0 Å². The molecule has 0 fully saturated rings. The summed E-state index contributed by atoms with van der Waals surface area (Å²) < 4.78 is 26.4. The van der Waals surface area contributed by atoms with Crippen LogP contribution in [0.25, 0.3) is 72.6 Å². The first-order chi connectivity index (χ1) is 30.7. The van der Waals surface area contributed by atoms with Crippen molar-refractivity contribution >= 4 is 46.4 Å². The second kappa shape index (κ2) is 18.6. The van der Waals surface area contributed by atoms with Gasteiger partial charge in [0, 0.05) is 45.8 Å². The molecule has 5 aromatic carbocycles. The summed E-state index contributed by atoms with van der Waals surface area (Å²) in [5.41, 5.74) is 14.5. The molecule has 0 saturated carbocycles. The Morgan fingerprint density at radius 3 is 2.09 bits per heavy atom. The molecule has 5 nitrogen and oxygen atoms in total. The molecule has 0 aliphatic heterocycles. The minimum absolute atomic E-state index is 0. The van der Waals surface area contributed by atoms with Crippen LogP contribution in [0.5, 0.6) is 0 Å². The van der Waals surface area contributed by atoms with Gasteiger partial charge in [0.1, 0.15) is 5.58 Å². The van der Waals surface area contributed by atoms with Crippen molar-refractivity contribution in [2.75, 3.05) is 0 Å². The summed E-state index contributed by atoms with van der Waals surface area (Å²) in [5, 5.41) is 3.26. The van der Waals surface area contributed by atoms with Gasteiger partial charge in [-0.1, -0.05) is 133 Å². The van der Waals surface area contributed by atoms with Crippen molar-refractivity contribution in [2.24, 2.45) is 5.41 Å². The van der Waals surface area contributed by atoms with Crippen LogP contribution < -0.4 is 5.19 Å². The van der Waals surface area contributed by atoms with Gasteiger partial charge in [-0.15, -0.1) is 54.1 Å². The zero-order valence-electron chi connectivity index (χ0n) is 41.2. The summed E-state index contributed by atoms with van der Waals surface area (Å²) in [6, 6.07) is 46.4. The van der Waals surface area contributed by atoms with Crippen LogP contribution in [0.2, 0.25) is 19.6 Å². The molecule has 64 heavy (non-hydrogen) atoms. The minimum atomic E-state index is -1.70. The standard InChI is InChI=1S/C38H34N3O.C19H26NSi.Ir/c1-22(2)31-20-27(26-11-8-7-9-12-26)21-32(23(3)4)35(31)41-33-18-16-25(6)39-37(33)40-38(41)30-14-10-13-29-28-17-15-24(5)19-34(28)42-36(29)30;1-19(2,3)13-16-12-17(15-10-8-7-9-11-15)20-14-18(16)21(4,5)6;/h7-13,15-23H,1-6H3;7-10,12,14H,13H2,1-6H3;/q2*-1;/i;13D2;. The van der Waals surface area contributed by atoms with E-state index >= 15 is 0 Å². The van der Waals surface area contributed by atoms with Crippen LogP contribution in [0, 0.1) is 31.4 Å². The number of imidazole rings is 1. The van der Waals surface area contributed by atoms with Crippen molar-refractivity contribution in [1.29, 1.82) is 0 Å². The minimum Gasteiger partial charge on any atom is -0.501 e. The van der Waals surface area contributed by atoms with Crippen LogP contribution in [0.1, 0.15) is 91.0 Å². The number of nitrogens with zero attached hydrogens (tertiary/aromatic N) is 4. The molecule has 9 aromatic rings. The Kier molecular flexibility index (Phi) is 12.7. The van der Waals surface area contributed by atoms with Gasteiger partial charge in [-0.3, -0.25) is 4.98 Å². The van der Waals surface area contributed by atoms with Gasteiger partial charge < -0.3 is 14.0 Å². The molecule has 4 heterocycles. The van der Waals surface area contributed by atoms with Gasteiger partial charge in [0.05, 0.1) is 25.0 Å². The van der Waals surface area contributed by atoms with E-state index in [1.165, 1.54) is 33.5 Å². The van der Waals surface area contributed by atoms with E-state index in [2.05, 4.69) is 155 Å². The first-order valence-corrected chi connectivity index (χ1v) is 25.7. The van der Waals surface area contributed by atoms with E-state index in [1.807, 2.05) is 70.3 Å². The van der Waals surface area contributed by atoms with Gasteiger partial charge in [0.2, 0.25) is 0 Å². The first kappa shape index (κ1) is 43.8. The van der Waals surface area contributed by atoms with Crippen LogP contribution >= 0.6 is 0 Å². The Labute approximate surface area is 397 Å². The second-order valence-corrected chi connectivity index (χ2v) is 24.5. The third kappa shape index (κ3) is 9.63. The van der Waals surface area contributed by atoms with E-state index in [-0.39, 0.29) is 31.9 Å². The summed E-state index contributed by atoms with van der Waals surface area (Å²) in [6.07, 6.45) is 0.469. The Morgan fingerprint density at radius 1 is 0.750 bits per heavy atom. The van der Waals surface area contributed by atoms with Crippen LogP contribution in [-0.2, 0) is 26.5 Å². The number of rotatable bonds is 8. The number of aromatic nitrogens is 4. The molecular formula is C57H60IrN4OSi-2. The summed E-state index contributed by atoms with van der Waals surface area (Å²) in [4.78, 5) is 14.7. The molecule has 9 rings (SSSR count). The van der Waals surface area contributed by atoms with Crippen LogP contribution in [0.15, 0.2) is 126 Å². The van der Waals surface area contributed by atoms with Gasteiger partial charge in [-0.25, -0.2) is 4.98 Å². The zero-order chi connectivity index (χ0) is 46.6. The molecule has 0 unspecified atom stereocenters. The average Bonchev–Trinajstić information content (AvgIpc) is 3.83. The fourth-order valence-electron chi connectivity index (χ4n) is 8.34. The molecule has 0 saturated heterocycles. The molecule has 0 N–H and O–H groups in total. The summed E-state index contributed by atoms with van der Waals surface area (Å²) in [6.45, 7) is 25.8. The number of aryl methyl sites for hydroxylation is 2. The first-order valence-electron chi connectivity index (χ1n) is 23.2. The molecule has 7 heteroatoms. The van der Waals surface area contributed by atoms with Crippen LogP contribution in [-0.4, -0.2) is 27.6 Å². The average molecular weight is 1040 g/mol. The molecule has 0 amide bonds. The molecule has 0 atom stereocenters. The fraction of sp³-hybridized carbons (Fsp3) is 0.281. The normalized spacial score (nSPS) is 12.7. The largest absolute Gasteiger partial charge is 0.501 e. The molecule has 0 aliphatic rings. The molecule has 1 radical (unpaired) electrons. The van der Waals surface area contributed by atoms with E-state index < -0.39 is 19.9 Å². The van der Waals surface area contributed by atoms with Gasteiger partial charge in [0.25, 0.3) is 0 Å². The van der Waals surface area contributed by atoms with Crippen molar-refractivity contribution in [3.63, 3.8) is 0 Å². The fourth-order valence-corrected chi connectivity index (χ4v) is 9.74. The van der Waals surface area contributed by atoms with Crippen molar-refractivity contribution in [3.8, 4) is 39.5 Å². The number of furan rings is 1. The molecule has 0 bridgehead atoms. The Hall–Kier alpha value is -5.46. The molecule has 0 spiro atoms. The zero-order valence-corrected chi connectivity index (χ0v) is 42.6. The van der Waals surface area contributed by atoms with Gasteiger partial charge in [0.15, 0.2) is 5.65 Å². The monoisotopic (exact) mass is 1040 g/mol. The molecule has 0 aliphatic carbocycles. The molecule has 4 aromatic heterocycles. The van der Waals surface area contributed by atoms with Crippen molar-refractivity contribution in [1.82, 2.24) is 19.5 Å². The Balaban J connectivity index is 0.000000230.